The molecule has 0 saturated heterocycles. The van der Waals surface area contributed by atoms with Crippen molar-refractivity contribution in [3.63, 3.8) is 0 Å². The van der Waals surface area contributed by atoms with Gasteiger partial charge in [0.1, 0.15) is 0 Å². The monoisotopic (exact) mass is 490 g/mol. The Morgan fingerprint density at radius 3 is 2.59 bits per heavy atom. The summed E-state index contributed by atoms with van der Waals surface area (Å²) < 4.78 is 15.7. The van der Waals surface area contributed by atoms with Gasteiger partial charge in [0.15, 0.2) is 18.1 Å². The molecule has 3 aromatic rings. The summed E-state index contributed by atoms with van der Waals surface area (Å²) in [5, 5.41) is 10.1. The third-order valence-electron chi connectivity index (χ3n) is 4.84. The quantitative estimate of drug-likeness (QED) is 0.435. The number of methoxy groups -OCH3 is 2. The lowest BCUT2D eigenvalue weighted by Crippen LogP contribution is -2.31. The van der Waals surface area contributed by atoms with Gasteiger partial charge >= 0.3 is 5.97 Å². The molecule has 3 heterocycles. The standard InChI is InChI=1S/C22H19ClN2O5S2/c1-28-17-10-13(9-14(23)21(17)29-2)22(27)30-12-20(26)25-16(19-6-4-8-32-19)11-15(24-25)18-5-3-7-31-18/h3-10,16H,11-12H2,1-2H3. The summed E-state index contributed by atoms with van der Waals surface area (Å²) in [7, 11) is 2.89. The fourth-order valence-corrected chi connectivity index (χ4v) is 5.17. The number of esters is 1. The van der Waals surface area contributed by atoms with E-state index in [1.54, 1.807) is 22.7 Å². The Balaban J connectivity index is 1.50. The van der Waals surface area contributed by atoms with Crippen LogP contribution in [0.4, 0.5) is 0 Å². The van der Waals surface area contributed by atoms with Crippen LogP contribution in [0.3, 0.4) is 0 Å². The van der Waals surface area contributed by atoms with E-state index in [4.69, 9.17) is 25.8 Å². The maximum absolute atomic E-state index is 13.0. The maximum Gasteiger partial charge on any atom is 0.338 e. The van der Waals surface area contributed by atoms with Crippen LogP contribution in [0.5, 0.6) is 11.5 Å². The molecule has 0 fully saturated rings. The molecule has 2 aromatic heterocycles. The molecular formula is C22H19ClN2O5S2. The number of nitrogens with zero attached hydrogens (tertiary/aromatic N) is 2. The molecule has 1 aliphatic heterocycles. The Kier molecular flexibility index (Phi) is 6.78. The number of hydrazone groups is 1. The molecule has 10 heteroatoms. The van der Waals surface area contributed by atoms with E-state index in [1.807, 2.05) is 35.0 Å². The van der Waals surface area contributed by atoms with Gasteiger partial charge in [-0.2, -0.15) is 5.10 Å². The van der Waals surface area contributed by atoms with Crippen LogP contribution in [-0.2, 0) is 9.53 Å². The van der Waals surface area contributed by atoms with Crippen molar-refractivity contribution in [2.75, 3.05) is 20.8 Å². The minimum Gasteiger partial charge on any atom is -0.493 e. The zero-order valence-electron chi connectivity index (χ0n) is 17.2. The van der Waals surface area contributed by atoms with Gasteiger partial charge < -0.3 is 14.2 Å². The Bertz CT molecular complexity index is 1150. The number of hydrogen-bond acceptors (Lipinski definition) is 8. The summed E-state index contributed by atoms with van der Waals surface area (Å²) in [5.74, 6) is -0.501. The average Bonchev–Trinajstić information content (AvgIpc) is 3.56. The SMILES string of the molecule is COc1cc(C(=O)OCC(=O)N2N=C(c3cccs3)CC2c2cccs2)cc(Cl)c1OC. The molecule has 1 unspecified atom stereocenters. The predicted molar refractivity (Wildman–Crippen MR) is 124 cm³/mol. The Hall–Kier alpha value is -2.88. The number of rotatable bonds is 7. The first-order valence-corrected chi connectivity index (χ1v) is 11.7. The van der Waals surface area contributed by atoms with Gasteiger partial charge in [0, 0.05) is 11.3 Å². The van der Waals surface area contributed by atoms with E-state index in [2.05, 4.69) is 5.10 Å². The van der Waals surface area contributed by atoms with Gasteiger partial charge in [-0.25, -0.2) is 9.80 Å². The Morgan fingerprint density at radius 2 is 1.94 bits per heavy atom. The highest BCUT2D eigenvalue weighted by Gasteiger charge is 2.34. The number of carbonyl (C=O) groups excluding carboxylic acids is 2. The normalized spacial score (nSPS) is 15.4. The van der Waals surface area contributed by atoms with Gasteiger partial charge in [0.25, 0.3) is 5.91 Å². The van der Waals surface area contributed by atoms with Gasteiger partial charge in [0.2, 0.25) is 0 Å². The number of hydrogen-bond donors (Lipinski definition) is 0. The molecule has 0 bridgehead atoms. The van der Waals surface area contributed by atoms with Crippen LogP contribution in [0, 0.1) is 0 Å². The smallest absolute Gasteiger partial charge is 0.338 e. The molecule has 0 saturated carbocycles. The van der Waals surface area contributed by atoms with Crippen molar-refractivity contribution in [1.29, 1.82) is 0 Å². The van der Waals surface area contributed by atoms with Crippen molar-refractivity contribution in [2.24, 2.45) is 5.10 Å². The number of benzene rings is 1. The van der Waals surface area contributed by atoms with E-state index >= 15 is 0 Å². The minimum absolute atomic E-state index is 0.152. The fourth-order valence-electron chi connectivity index (χ4n) is 3.35. The highest BCUT2D eigenvalue weighted by atomic mass is 35.5. The highest BCUT2D eigenvalue weighted by Crippen LogP contribution is 2.37. The fraction of sp³-hybridized carbons (Fsp3) is 0.227. The van der Waals surface area contributed by atoms with Crippen LogP contribution in [0.1, 0.15) is 32.6 Å². The summed E-state index contributed by atoms with van der Waals surface area (Å²) >= 11 is 9.29. The largest absolute Gasteiger partial charge is 0.493 e. The average molecular weight is 491 g/mol. The van der Waals surface area contributed by atoms with Gasteiger partial charge in [-0.05, 0) is 35.0 Å². The Labute approximate surface area is 197 Å². The lowest BCUT2D eigenvalue weighted by molar-refractivity contribution is -0.136. The third kappa shape index (κ3) is 4.50. The summed E-state index contributed by atoms with van der Waals surface area (Å²) in [6.07, 6.45) is 0.603. The van der Waals surface area contributed by atoms with Crippen molar-refractivity contribution in [3.8, 4) is 11.5 Å². The van der Waals surface area contributed by atoms with Crippen LogP contribution < -0.4 is 9.47 Å². The summed E-state index contributed by atoms with van der Waals surface area (Å²) in [6.45, 7) is -0.451. The van der Waals surface area contributed by atoms with Crippen molar-refractivity contribution >= 4 is 51.9 Å². The molecule has 1 aliphatic rings. The summed E-state index contributed by atoms with van der Waals surface area (Å²) in [5.41, 5.74) is 0.990. The van der Waals surface area contributed by atoms with Gasteiger partial charge in [-0.1, -0.05) is 23.7 Å². The molecule has 0 aliphatic carbocycles. The first kappa shape index (κ1) is 22.3. The molecular weight excluding hydrogens is 472 g/mol. The molecule has 166 valence electrons. The lowest BCUT2D eigenvalue weighted by Gasteiger charge is -2.20. The van der Waals surface area contributed by atoms with E-state index in [0.717, 1.165) is 15.5 Å². The Morgan fingerprint density at radius 1 is 1.16 bits per heavy atom. The van der Waals surface area contributed by atoms with E-state index in [1.165, 1.54) is 31.4 Å². The van der Waals surface area contributed by atoms with E-state index < -0.39 is 18.5 Å². The third-order valence-corrected chi connectivity index (χ3v) is 7.01. The molecule has 7 nitrogen and oxygen atoms in total. The lowest BCUT2D eigenvalue weighted by atomic mass is 10.1. The maximum atomic E-state index is 13.0. The molecule has 4 rings (SSSR count). The number of halogens is 1. The number of amides is 1. The molecule has 1 amide bonds. The highest BCUT2D eigenvalue weighted by molar-refractivity contribution is 7.12. The van der Waals surface area contributed by atoms with Crippen molar-refractivity contribution < 1.29 is 23.8 Å². The number of carbonyl (C=O) groups is 2. The molecule has 0 N–H and O–H groups in total. The van der Waals surface area contributed by atoms with Crippen molar-refractivity contribution in [2.45, 2.75) is 12.5 Å². The first-order chi connectivity index (χ1) is 15.5. The van der Waals surface area contributed by atoms with E-state index in [0.29, 0.717) is 17.9 Å². The second-order valence-electron chi connectivity index (χ2n) is 6.77. The molecule has 0 radical (unpaired) electrons. The van der Waals surface area contributed by atoms with Crippen LogP contribution >= 0.6 is 34.3 Å². The molecule has 32 heavy (non-hydrogen) atoms. The molecule has 1 aromatic carbocycles. The van der Waals surface area contributed by atoms with Crippen molar-refractivity contribution in [1.82, 2.24) is 5.01 Å². The van der Waals surface area contributed by atoms with E-state index in [-0.39, 0.29) is 16.6 Å². The van der Waals surface area contributed by atoms with E-state index in [9.17, 15) is 9.59 Å². The predicted octanol–water partition coefficient (Wildman–Crippen LogP) is 5.01. The second-order valence-corrected chi connectivity index (χ2v) is 9.10. The molecule has 0 spiro atoms. The van der Waals surface area contributed by atoms with Crippen LogP contribution in [-0.4, -0.2) is 43.4 Å². The number of thiophene rings is 2. The van der Waals surface area contributed by atoms with Gasteiger partial charge in [0.05, 0.1) is 41.4 Å². The summed E-state index contributed by atoms with van der Waals surface area (Å²) in [4.78, 5) is 27.6. The zero-order valence-corrected chi connectivity index (χ0v) is 19.6. The summed E-state index contributed by atoms with van der Waals surface area (Å²) in [6, 6.07) is 10.5. The van der Waals surface area contributed by atoms with Gasteiger partial charge in [-0.3, -0.25) is 4.79 Å². The zero-order chi connectivity index (χ0) is 22.7. The minimum atomic E-state index is -0.699. The second kappa shape index (κ2) is 9.72. The number of ether oxygens (including phenoxy) is 3. The van der Waals surface area contributed by atoms with Crippen molar-refractivity contribution in [3.05, 3.63) is 67.5 Å². The van der Waals surface area contributed by atoms with Crippen LogP contribution in [0.25, 0.3) is 0 Å². The van der Waals surface area contributed by atoms with Gasteiger partial charge in [-0.15, -0.1) is 22.7 Å². The van der Waals surface area contributed by atoms with Crippen LogP contribution in [0.2, 0.25) is 5.02 Å². The topological polar surface area (TPSA) is 77.4 Å². The first-order valence-electron chi connectivity index (χ1n) is 9.57. The van der Waals surface area contributed by atoms with Crippen LogP contribution in [0.15, 0.2) is 52.3 Å². The molecule has 1 atom stereocenters.